The number of nitrogens with zero attached hydrogens (tertiary/aromatic N) is 1. The van der Waals surface area contributed by atoms with Crippen LogP contribution in [0.3, 0.4) is 0 Å². The second kappa shape index (κ2) is 5.15. The number of rotatable bonds is 3. The molecular formula is C10H19NO6. The molecule has 7 nitrogen and oxygen atoms in total. The number of hydrogen-bond donors (Lipinski definition) is 4. The summed E-state index contributed by atoms with van der Waals surface area (Å²) in [4.78, 5) is 1.89. The Bertz CT molecular complexity index is 259. The van der Waals surface area contributed by atoms with Crippen molar-refractivity contribution in [2.75, 3.05) is 39.5 Å². The van der Waals surface area contributed by atoms with Crippen molar-refractivity contribution < 1.29 is 29.9 Å². The maximum absolute atomic E-state index is 10.2. The van der Waals surface area contributed by atoms with Crippen LogP contribution in [-0.2, 0) is 9.47 Å². The second-order valence-electron chi connectivity index (χ2n) is 4.51. The summed E-state index contributed by atoms with van der Waals surface area (Å²) in [5.41, 5.74) is 0. The Morgan fingerprint density at radius 2 is 1.88 bits per heavy atom. The molecule has 17 heavy (non-hydrogen) atoms. The van der Waals surface area contributed by atoms with Crippen LogP contribution in [0.4, 0.5) is 0 Å². The zero-order chi connectivity index (χ0) is 12.5. The lowest BCUT2D eigenvalue weighted by Gasteiger charge is -2.34. The summed E-state index contributed by atoms with van der Waals surface area (Å²) in [6.45, 7) is 2.06. The molecule has 7 heteroatoms. The summed E-state index contributed by atoms with van der Waals surface area (Å²) >= 11 is 0. The summed E-state index contributed by atoms with van der Waals surface area (Å²) in [5.74, 6) is -1.83. The number of β-amino-alcohol motifs (C(OH)–C–C–N with tert-alkyl or cyclic N) is 1. The third kappa shape index (κ3) is 2.60. The van der Waals surface area contributed by atoms with Crippen LogP contribution in [0.15, 0.2) is 0 Å². The van der Waals surface area contributed by atoms with E-state index in [1.165, 1.54) is 0 Å². The maximum atomic E-state index is 10.2. The minimum Gasteiger partial charge on any atom is -0.394 e. The Balaban J connectivity index is 1.98. The topological polar surface area (TPSA) is 103 Å². The van der Waals surface area contributed by atoms with Crippen molar-refractivity contribution in [1.29, 1.82) is 0 Å². The SMILES string of the molecule is OC[C@H]1O[C@@](O)(CN2CCOCC2)[C@@H](O)[C@H]1O. The van der Waals surface area contributed by atoms with Gasteiger partial charge in [0.1, 0.15) is 18.3 Å². The smallest absolute Gasteiger partial charge is 0.208 e. The quantitative estimate of drug-likeness (QED) is 0.426. The van der Waals surface area contributed by atoms with Gasteiger partial charge in [0.05, 0.1) is 26.4 Å². The molecule has 0 radical (unpaired) electrons. The molecule has 0 amide bonds. The first-order valence-corrected chi connectivity index (χ1v) is 5.74. The minimum absolute atomic E-state index is 0.0884. The molecule has 2 aliphatic rings. The van der Waals surface area contributed by atoms with Gasteiger partial charge in [-0.3, -0.25) is 4.90 Å². The van der Waals surface area contributed by atoms with E-state index in [4.69, 9.17) is 14.6 Å². The van der Waals surface area contributed by atoms with Crippen LogP contribution in [0.2, 0.25) is 0 Å². The fourth-order valence-corrected chi connectivity index (χ4v) is 2.23. The summed E-state index contributed by atoms with van der Waals surface area (Å²) in [6, 6.07) is 0. The Kier molecular flexibility index (Phi) is 3.99. The lowest BCUT2D eigenvalue weighted by Crippen LogP contribution is -2.53. The van der Waals surface area contributed by atoms with Crippen LogP contribution >= 0.6 is 0 Å². The highest BCUT2D eigenvalue weighted by molar-refractivity contribution is 4.97. The number of aliphatic hydroxyl groups is 4. The van der Waals surface area contributed by atoms with Gasteiger partial charge in [0.15, 0.2) is 0 Å². The Morgan fingerprint density at radius 1 is 1.24 bits per heavy atom. The summed E-state index contributed by atoms with van der Waals surface area (Å²) in [6.07, 6.45) is -3.63. The van der Waals surface area contributed by atoms with Crippen LogP contribution in [0, 0.1) is 0 Å². The molecule has 2 saturated heterocycles. The van der Waals surface area contributed by atoms with E-state index in [1.54, 1.807) is 0 Å². The van der Waals surface area contributed by atoms with E-state index in [9.17, 15) is 15.3 Å². The second-order valence-corrected chi connectivity index (χ2v) is 4.51. The standard InChI is InChI=1S/C10H19NO6/c12-5-7-8(13)9(14)10(15,17-7)6-11-1-3-16-4-2-11/h7-9,12-15H,1-6H2/t7-,8+,9+,10+/m1/s1. The summed E-state index contributed by atoms with van der Waals surface area (Å²) < 4.78 is 10.3. The highest BCUT2D eigenvalue weighted by Crippen LogP contribution is 2.30. The fraction of sp³-hybridized carbons (Fsp3) is 1.00. The molecule has 0 aromatic carbocycles. The third-order valence-electron chi connectivity index (χ3n) is 3.26. The number of ether oxygens (including phenoxy) is 2. The van der Waals surface area contributed by atoms with Gasteiger partial charge in [0.2, 0.25) is 5.79 Å². The first-order chi connectivity index (χ1) is 8.07. The molecular weight excluding hydrogens is 230 g/mol. The molecule has 0 unspecified atom stereocenters. The van der Waals surface area contributed by atoms with Gasteiger partial charge in [-0.15, -0.1) is 0 Å². The van der Waals surface area contributed by atoms with Crippen molar-refractivity contribution in [2.45, 2.75) is 24.1 Å². The summed E-state index contributed by atoms with van der Waals surface area (Å²) in [5, 5.41) is 38.4. The molecule has 100 valence electrons. The van der Waals surface area contributed by atoms with E-state index >= 15 is 0 Å². The van der Waals surface area contributed by atoms with Gasteiger partial charge in [-0.25, -0.2) is 0 Å². The summed E-state index contributed by atoms with van der Waals surface area (Å²) in [7, 11) is 0. The van der Waals surface area contributed by atoms with Crippen molar-refractivity contribution in [2.24, 2.45) is 0 Å². The minimum atomic E-state index is -1.83. The van der Waals surface area contributed by atoms with Gasteiger partial charge < -0.3 is 29.9 Å². The Morgan fingerprint density at radius 3 is 2.41 bits per heavy atom. The third-order valence-corrected chi connectivity index (χ3v) is 3.26. The molecule has 2 rings (SSSR count). The molecule has 2 aliphatic heterocycles. The van der Waals surface area contributed by atoms with E-state index in [1.807, 2.05) is 4.90 Å². The fourth-order valence-electron chi connectivity index (χ4n) is 2.23. The first-order valence-electron chi connectivity index (χ1n) is 5.74. The molecule has 0 aliphatic carbocycles. The van der Waals surface area contributed by atoms with Gasteiger partial charge in [-0.05, 0) is 0 Å². The molecule has 0 spiro atoms. The van der Waals surface area contributed by atoms with Gasteiger partial charge >= 0.3 is 0 Å². The van der Waals surface area contributed by atoms with Gasteiger partial charge in [-0.2, -0.15) is 0 Å². The maximum Gasteiger partial charge on any atom is 0.208 e. The lowest BCUT2D eigenvalue weighted by molar-refractivity contribution is -0.241. The monoisotopic (exact) mass is 249 g/mol. The van der Waals surface area contributed by atoms with Crippen molar-refractivity contribution in [1.82, 2.24) is 4.90 Å². The van der Waals surface area contributed by atoms with E-state index in [-0.39, 0.29) is 6.54 Å². The predicted molar refractivity (Wildman–Crippen MR) is 56.2 cm³/mol. The largest absolute Gasteiger partial charge is 0.394 e. The average molecular weight is 249 g/mol. The molecule has 4 N–H and O–H groups in total. The number of hydrogen-bond acceptors (Lipinski definition) is 7. The van der Waals surface area contributed by atoms with Crippen LogP contribution in [0.1, 0.15) is 0 Å². The number of morpholine rings is 1. The number of aliphatic hydroxyl groups excluding tert-OH is 3. The molecule has 0 aromatic rings. The van der Waals surface area contributed by atoms with E-state index in [2.05, 4.69) is 0 Å². The zero-order valence-corrected chi connectivity index (χ0v) is 9.53. The predicted octanol–water partition coefficient (Wildman–Crippen LogP) is -2.88. The molecule has 2 heterocycles. The van der Waals surface area contributed by atoms with Crippen LogP contribution in [0.25, 0.3) is 0 Å². The average Bonchev–Trinajstić information content (AvgIpc) is 2.55. The Labute approximate surface area is 99.2 Å². The van der Waals surface area contributed by atoms with Gasteiger partial charge in [0, 0.05) is 13.1 Å². The van der Waals surface area contributed by atoms with Crippen molar-refractivity contribution in [3.05, 3.63) is 0 Å². The molecule has 4 atom stereocenters. The normalized spacial score (nSPS) is 44.1. The van der Waals surface area contributed by atoms with Crippen molar-refractivity contribution in [3.8, 4) is 0 Å². The van der Waals surface area contributed by atoms with E-state index < -0.39 is 30.7 Å². The van der Waals surface area contributed by atoms with Crippen molar-refractivity contribution >= 4 is 0 Å². The van der Waals surface area contributed by atoms with E-state index in [0.29, 0.717) is 26.3 Å². The molecule has 0 aromatic heterocycles. The van der Waals surface area contributed by atoms with Gasteiger partial charge in [-0.1, -0.05) is 0 Å². The molecule has 2 fully saturated rings. The van der Waals surface area contributed by atoms with Gasteiger partial charge in [0.25, 0.3) is 0 Å². The van der Waals surface area contributed by atoms with Crippen LogP contribution in [-0.4, -0.2) is 88.9 Å². The van der Waals surface area contributed by atoms with E-state index in [0.717, 1.165) is 0 Å². The Hall–Kier alpha value is -0.280. The molecule has 0 bridgehead atoms. The lowest BCUT2D eigenvalue weighted by atomic mass is 10.0. The van der Waals surface area contributed by atoms with Crippen LogP contribution in [0.5, 0.6) is 0 Å². The molecule has 0 saturated carbocycles. The highest BCUT2D eigenvalue weighted by atomic mass is 16.7. The van der Waals surface area contributed by atoms with Crippen molar-refractivity contribution in [3.63, 3.8) is 0 Å². The first kappa shape index (κ1) is 13.2. The highest BCUT2D eigenvalue weighted by Gasteiger charge is 2.53. The van der Waals surface area contributed by atoms with Crippen LogP contribution < -0.4 is 0 Å². The zero-order valence-electron chi connectivity index (χ0n) is 9.53.